The van der Waals surface area contributed by atoms with Crippen molar-refractivity contribution >= 4 is 5.91 Å². The predicted molar refractivity (Wildman–Crippen MR) is 60.1 cm³/mol. The van der Waals surface area contributed by atoms with Gasteiger partial charge in [-0.25, -0.2) is 5.84 Å². The Hall–Kier alpha value is -0.650. The smallest absolute Gasteiger partial charge is 0.251 e. The number of likely N-dealkylation sites (N-methyl/N-ethyl adjacent to an activating group) is 1. The fourth-order valence-corrected chi connectivity index (χ4v) is 2.10. The minimum atomic E-state index is -0.0672. The number of carbonyl (C=O) groups excluding carboxylic acids is 1. The summed E-state index contributed by atoms with van der Waals surface area (Å²) in [5.41, 5.74) is 2.24. The molecule has 0 aromatic rings. The van der Waals surface area contributed by atoms with E-state index in [2.05, 4.69) is 22.1 Å². The molecule has 1 heterocycles. The summed E-state index contributed by atoms with van der Waals surface area (Å²) in [5.74, 6) is 5.10. The molecule has 0 aliphatic carbocycles. The molecule has 1 atom stereocenters. The molecule has 0 radical (unpaired) electrons. The standard InChI is InChI=1S/C10H22N4O/c1-3-9(10(15)12-11)14-7-5-13(4-2)6-8-14/h9H,3-8,11H2,1-2H3,(H,12,15). The first-order valence-electron chi connectivity index (χ1n) is 5.69. The molecular formula is C10H22N4O. The molecule has 1 aliphatic rings. The summed E-state index contributed by atoms with van der Waals surface area (Å²) in [6, 6.07) is -0.0611. The third kappa shape index (κ3) is 3.15. The van der Waals surface area contributed by atoms with Crippen molar-refractivity contribution in [2.24, 2.45) is 5.84 Å². The SMILES string of the molecule is CCC(C(=O)NN)N1CCN(CC)CC1. The Bertz CT molecular complexity index is 202. The molecule has 1 unspecified atom stereocenters. The molecule has 0 spiro atoms. The quantitative estimate of drug-likeness (QED) is 0.372. The van der Waals surface area contributed by atoms with E-state index in [1.807, 2.05) is 6.92 Å². The molecule has 0 saturated carbocycles. The van der Waals surface area contributed by atoms with E-state index in [0.29, 0.717) is 0 Å². The molecule has 15 heavy (non-hydrogen) atoms. The van der Waals surface area contributed by atoms with Gasteiger partial charge in [-0.2, -0.15) is 0 Å². The van der Waals surface area contributed by atoms with Gasteiger partial charge in [0.2, 0.25) is 0 Å². The molecule has 1 saturated heterocycles. The molecular weight excluding hydrogens is 192 g/mol. The van der Waals surface area contributed by atoms with Crippen LogP contribution in [0.1, 0.15) is 20.3 Å². The van der Waals surface area contributed by atoms with E-state index >= 15 is 0 Å². The van der Waals surface area contributed by atoms with Crippen molar-refractivity contribution in [3.05, 3.63) is 0 Å². The highest BCUT2D eigenvalue weighted by Gasteiger charge is 2.26. The first-order valence-corrected chi connectivity index (χ1v) is 5.69. The Labute approximate surface area is 91.6 Å². The average molecular weight is 214 g/mol. The van der Waals surface area contributed by atoms with Gasteiger partial charge in [-0.3, -0.25) is 15.1 Å². The van der Waals surface area contributed by atoms with E-state index in [9.17, 15) is 4.79 Å². The lowest BCUT2D eigenvalue weighted by Gasteiger charge is -2.37. The van der Waals surface area contributed by atoms with Crippen LogP contribution < -0.4 is 11.3 Å². The van der Waals surface area contributed by atoms with Crippen LogP contribution in [0.25, 0.3) is 0 Å². The minimum Gasteiger partial charge on any atom is -0.301 e. The zero-order valence-corrected chi connectivity index (χ0v) is 9.70. The summed E-state index contributed by atoms with van der Waals surface area (Å²) >= 11 is 0. The summed E-state index contributed by atoms with van der Waals surface area (Å²) in [7, 11) is 0. The van der Waals surface area contributed by atoms with Crippen LogP contribution in [0.2, 0.25) is 0 Å². The van der Waals surface area contributed by atoms with Gasteiger partial charge in [0.25, 0.3) is 5.91 Å². The third-order valence-electron chi connectivity index (χ3n) is 3.13. The highest BCUT2D eigenvalue weighted by molar-refractivity contribution is 5.81. The molecule has 1 rings (SSSR count). The third-order valence-corrected chi connectivity index (χ3v) is 3.13. The zero-order chi connectivity index (χ0) is 11.3. The maximum atomic E-state index is 11.5. The second kappa shape index (κ2) is 6.05. The Balaban J connectivity index is 2.46. The monoisotopic (exact) mass is 214 g/mol. The van der Waals surface area contributed by atoms with Gasteiger partial charge < -0.3 is 4.90 Å². The van der Waals surface area contributed by atoms with Gasteiger partial charge in [-0.05, 0) is 13.0 Å². The van der Waals surface area contributed by atoms with Crippen molar-refractivity contribution in [1.82, 2.24) is 15.2 Å². The number of nitrogens with one attached hydrogen (secondary N) is 1. The molecule has 0 aromatic carbocycles. The maximum Gasteiger partial charge on any atom is 0.251 e. The second-order valence-electron chi connectivity index (χ2n) is 3.90. The van der Waals surface area contributed by atoms with Crippen LogP contribution in [0.5, 0.6) is 0 Å². The first-order chi connectivity index (χ1) is 7.22. The topological polar surface area (TPSA) is 61.6 Å². The van der Waals surface area contributed by atoms with E-state index in [-0.39, 0.29) is 11.9 Å². The molecule has 1 aliphatic heterocycles. The van der Waals surface area contributed by atoms with Crippen LogP contribution in [0.15, 0.2) is 0 Å². The van der Waals surface area contributed by atoms with Gasteiger partial charge in [0.15, 0.2) is 0 Å². The number of hydrazine groups is 1. The average Bonchev–Trinajstić information content (AvgIpc) is 2.30. The van der Waals surface area contributed by atoms with E-state index < -0.39 is 0 Å². The van der Waals surface area contributed by atoms with E-state index in [1.54, 1.807) is 0 Å². The minimum absolute atomic E-state index is 0.0611. The number of piperazine rings is 1. The number of amides is 1. The molecule has 0 bridgehead atoms. The highest BCUT2D eigenvalue weighted by Crippen LogP contribution is 2.09. The molecule has 3 N–H and O–H groups in total. The summed E-state index contributed by atoms with van der Waals surface area (Å²) in [5, 5.41) is 0. The molecule has 5 nitrogen and oxygen atoms in total. The van der Waals surface area contributed by atoms with E-state index in [0.717, 1.165) is 39.1 Å². The van der Waals surface area contributed by atoms with Crippen molar-refractivity contribution < 1.29 is 4.79 Å². The van der Waals surface area contributed by atoms with Gasteiger partial charge in [-0.15, -0.1) is 0 Å². The second-order valence-corrected chi connectivity index (χ2v) is 3.90. The Morgan fingerprint density at radius 2 is 1.93 bits per heavy atom. The van der Waals surface area contributed by atoms with Crippen molar-refractivity contribution in [2.75, 3.05) is 32.7 Å². The molecule has 0 aromatic heterocycles. The number of hydrogen-bond donors (Lipinski definition) is 2. The summed E-state index contributed by atoms with van der Waals surface area (Å²) in [6.45, 7) is 9.29. The van der Waals surface area contributed by atoms with Crippen LogP contribution in [-0.2, 0) is 4.79 Å². The number of carbonyl (C=O) groups is 1. The Kier molecular flexibility index (Phi) is 5.01. The van der Waals surface area contributed by atoms with Crippen LogP contribution in [0.3, 0.4) is 0 Å². The summed E-state index contributed by atoms with van der Waals surface area (Å²) in [6.07, 6.45) is 0.815. The van der Waals surface area contributed by atoms with Crippen LogP contribution >= 0.6 is 0 Å². The van der Waals surface area contributed by atoms with Crippen molar-refractivity contribution in [1.29, 1.82) is 0 Å². The predicted octanol–water partition coefficient (Wildman–Crippen LogP) is -0.608. The van der Waals surface area contributed by atoms with Gasteiger partial charge in [0.1, 0.15) is 0 Å². The van der Waals surface area contributed by atoms with Gasteiger partial charge in [0.05, 0.1) is 6.04 Å². The number of nitrogens with zero attached hydrogens (tertiary/aromatic N) is 2. The normalized spacial score (nSPS) is 21.3. The molecule has 5 heteroatoms. The van der Waals surface area contributed by atoms with Crippen LogP contribution in [-0.4, -0.2) is 54.5 Å². The fourth-order valence-electron chi connectivity index (χ4n) is 2.10. The zero-order valence-electron chi connectivity index (χ0n) is 9.70. The number of rotatable bonds is 4. The van der Waals surface area contributed by atoms with E-state index in [1.165, 1.54) is 0 Å². The lowest BCUT2D eigenvalue weighted by molar-refractivity contribution is -0.127. The van der Waals surface area contributed by atoms with Crippen molar-refractivity contribution in [3.8, 4) is 0 Å². The lowest BCUT2D eigenvalue weighted by Crippen LogP contribution is -2.55. The number of nitrogens with two attached hydrogens (primary N) is 1. The first kappa shape index (κ1) is 12.4. The maximum absolute atomic E-state index is 11.5. The van der Waals surface area contributed by atoms with Crippen LogP contribution in [0.4, 0.5) is 0 Å². The molecule has 88 valence electrons. The van der Waals surface area contributed by atoms with Gasteiger partial charge in [-0.1, -0.05) is 13.8 Å². The van der Waals surface area contributed by atoms with Gasteiger partial charge >= 0.3 is 0 Å². The van der Waals surface area contributed by atoms with Crippen molar-refractivity contribution in [2.45, 2.75) is 26.3 Å². The molecule has 1 fully saturated rings. The van der Waals surface area contributed by atoms with E-state index in [4.69, 9.17) is 5.84 Å². The molecule has 1 amide bonds. The summed E-state index contributed by atoms with van der Waals surface area (Å²) in [4.78, 5) is 16.1. The highest BCUT2D eigenvalue weighted by atomic mass is 16.2. The van der Waals surface area contributed by atoms with Gasteiger partial charge in [0, 0.05) is 26.2 Å². The van der Waals surface area contributed by atoms with Crippen LogP contribution in [0, 0.1) is 0 Å². The summed E-state index contributed by atoms with van der Waals surface area (Å²) < 4.78 is 0. The van der Waals surface area contributed by atoms with Crippen molar-refractivity contribution in [3.63, 3.8) is 0 Å². The largest absolute Gasteiger partial charge is 0.301 e. The Morgan fingerprint density at radius 1 is 1.33 bits per heavy atom. The lowest BCUT2D eigenvalue weighted by atomic mass is 10.1. The number of hydrogen-bond acceptors (Lipinski definition) is 4. The fraction of sp³-hybridized carbons (Fsp3) is 0.900. The Morgan fingerprint density at radius 3 is 2.33 bits per heavy atom.